The van der Waals surface area contributed by atoms with Gasteiger partial charge in [-0.2, -0.15) is 0 Å². The smallest absolute Gasteiger partial charge is 0.325 e. The molecule has 2 aliphatic heterocycles. The van der Waals surface area contributed by atoms with Crippen molar-refractivity contribution in [2.24, 2.45) is 11.8 Å². The molecule has 0 saturated carbocycles. The number of nitrogens with zero attached hydrogens (tertiary/aromatic N) is 3. The van der Waals surface area contributed by atoms with Gasteiger partial charge in [0, 0.05) is 19.3 Å². The van der Waals surface area contributed by atoms with Crippen molar-refractivity contribution in [3.8, 4) is 0 Å². The number of piperidine rings is 1. The van der Waals surface area contributed by atoms with Gasteiger partial charge in [0.1, 0.15) is 5.54 Å². The number of amides is 4. The van der Waals surface area contributed by atoms with E-state index in [4.69, 9.17) is 0 Å². The second-order valence-corrected chi connectivity index (χ2v) is 9.71. The van der Waals surface area contributed by atoms with Crippen LogP contribution in [0.1, 0.15) is 55.6 Å². The summed E-state index contributed by atoms with van der Waals surface area (Å²) < 4.78 is 27.8. The normalized spacial score (nSPS) is 21.1. The fourth-order valence-electron chi connectivity index (χ4n) is 5.02. The Balaban J connectivity index is 1.52. The molecule has 1 aromatic carbocycles. The average molecular weight is 485 g/mol. The summed E-state index contributed by atoms with van der Waals surface area (Å²) in [5, 5.41) is 3.00. The molecule has 0 bridgehead atoms. The van der Waals surface area contributed by atoms with E-state index in [1.54, 1.807) is 24.4 Å². The van der Waals surface area contributed by atoms with Crippen LogP contribution in [0.5, 0.6) is 0 Å². The first-order chi connectivity index (χ1) is 16.7. The third kappa shape index (κ3) is 4.90. The molecule has 9 heteroatoms. The summed E-state index contributed by atoms with van der Waals surface area (Å²) in [5.74, 6) is -2.92. The van der Waals surface area contributed by atoms with Crippen molar-refractivity contribution < 1.29 is 23.2 Å². The Kier molecular flexibility index (Phi) is 7.14. The van der Waals surface area contributed by atoms with Crippen LogP contribution in [-0.4, -0.2) is 51.3 Å². The number of imide groups is 1. The van der Waals surface area contributed by atoms with Gasteiger partial charge < -0.3 is 10.2 Å². The van der Waals surface area contributed by atoms with Gasteiger partial charge in [0.15, 0.2) is 11.6 Å². The molecule has 2 aliphatic rings. The predicted octanol–water partition coefficient (Wildman–Crippen LogP) is 4.14. The molecule has 1 atom stereocenters. The molecule has 3 heterocycles. The van der Waals surface area contributed by atoms with Gasteiger partial charge in [-0.05, 0) is 61.8 Å². The van der Waals surface area contributed by atoms with Gasteiger partial charge in [0.05, 0.1) is 17.8 Å². The number of likely N-dealkylation sites (tertiary alicyclic amines) is 1. The molecule has 186 valence electrons. The first-order valence-electron chi connectivity index (χ1n) is 12.0. The zero-order valence-electron chi connectivity index (χ0n) is 20.0. The van der Waals surface area contributed by atoms with E-state index in [1.165, 1.54) is 21.9 Å². The van der Waals surface area contributed by atoms with E-state index in [-0.39, 0.29) is 37.0 Å². The number of urea groups is 1. The van der Waals surface area contributed by atoms with E-state index in [1.807, 2.05) is 0 Å². The number of aromatic nitrogens is 1. The second-order valence-electron chi connectivity index (χ2n) is 9.71. The number of hydrogen-bond acceptors (Lipinski definition) is 4. The standard InChI is InChI=1S/C26H30F2N4O3/c1-17(2)9-12-26(24(34)32(25(35)30-26)16-19-6-3-4-13-29-19)18-10-14-31(15-11-18)23(33)20-7-5-8-21(27)22(20)28/h3-8,13,17-18H,9-12,14-16H2,1-2H3,(H,30,35)/t26-/m1/s1. The number of benzene rings is 1. The Hall–Kier alpha value is -3.36. The third-order valence-electron chi connectivity index (χ3n) is 7.03. The number of halogens is 2. The number of carbonyl (C=O) groups is 3. The van der Waals surface area contributed by atoms with Crippen molar-refractivity contribution in [2.45, 2.75) is 51.6 Å². The predicted molar refractivity (Wildman–Crippen MR) is 125 cm³/mol. The molecule has 4 amide bonds. The van der Waals surface area contributed by atoms with E-state index < -0.39 is 29.1 Å². The van der Waals surface area contributed by atoms with Crippen molar-refractivity contribution in [2.75, 3.05) is 13.1 Å². The maximum Gasteiger partial charge on any atom is 0.325 e. The van der Waals surface area contributed by atoms with Gasteiger partial charge in [-0.3, -0.25) is 19.5 Å². The van der Waals surface area contributed by atoms with Crippen LogP contribution in [0, 0.1) is 23.5 Å². The molecule has 0 unspecified atom stereocenters. The van der Waals surface area contributed by atoms with Gasteiger partial charge in [-0.1, -0.05) is 26.0 Å². The molecule has 2 aromatic rings. The van der Waals surface area contributed by atoms with E-state index in [2.05, 4.69) is 24.1 Å². The van der Waals surface area contributed by atoms with E-state index in [9.17, 15) is 23.2 Å². The Bertz CT molecular complexity index is 1100. The number of carbonyl (C=O) groups excluding carboxylic acids is 3. The fraction of sp³-hybridized carbons (Fsp3) is 0.462. The summed E-state index contributed by atoms with van der Waals surface area (Å²) in [6.45, 7) is 4.79. The van der Waals surface area contributed by atoms with Crippen molar-refractivity contribution in [3.63, 3.8) is 0 Å². The van der Waals surface area contributed by atoms with Crippen molar-refractivity contribution >= 4 is 17.8 Å². The molecule has 0 spiro atoms. The first-order valence-corrected chi connectivity index (χ1v) is 12.0. The minimum Gasteiger partial charge on any atom is -0.339 e. The Morgan fingerprint density at radius 2 is 1.89 bits per heavy atom. The molecule has 0 radical (unpaired) electrons. The molecule has 1 aromatic heterocycles. The lowest BCUT2D eigenvalue weighted by Crippen LogP contribution is -2.56. The van der Waals surface area contributed by atoms with Crippen LogP contribution in [0.25, 0.3) is 0 Å². The minimum atomic E-state index is -1.16. The van der Waals surface area contributed by atoms with Gasteiger partial charge in [0.2, 0.25) is 0 Å². The van der Waals surface area contributed by atoms with Crippen LogP contribution in [0.2, 0.25) is 0 Å². The molecular weight excluding hydrogens is 454 g/mol. The maximum atomic E-state index is 14.2. The molecule has 4 rings (SSSR count). The highest BCUT2D eigenvalue weighted by Gasteiger charge is 2.55. The van der Waals surface area contributed by atoms with Gasteiger partial charge >= 0.3 is 6.03 Å². The van der Waals surface area contributed by atoms with Crippen LogP contribution in [-0.2, 0) is 11.3 Å². The van der Waals surface area contributed by atoms with Crippen LogP contribution < -0.4 is 5.32 Å². The summed E-state index contributed by atoms with van der Waals surface area (Å²) in [4.78, 5) is 46.4. The molecule has 35 heavy (non-hydrogen) atoms. The van der Waals surface area contributed by atoms with E-state index >= 15 is 0 Å². The number of rotatable bonds is 7. The summed E-state index contributed by atoms with van der Waals surface area (Å²) in [5.41, 5.74) is -0.743. The number of nitrogens with one attached hydrogen (secondary N) is 1. The maximum absolute atomic E-state index is 14.2. The average Bonchev–Trinajstić information content (AvgIpc) is 3.10. The van der Waals surface area contributed by atoms with Gasteiger partial charge in [0.25, 0.3) is 11.8 Å². The SMILES string of the molecule is CC(C)CC[C@]1(C2CCN(C(=O)c3cccc(F)c3F)CC2)NC(=O)N(Cc2ccccn2)C1=O. The third-order valence-corrected chi connectivity index (χ3v) is 7.03. The van der Waals surface area contributed by atoms with Crippen LogP contribution >= 0.6 is 0 Å². The summed E-state index contributed by atoms with van der Waals surface area (Å²) >= 11 is 0. The monoisotopic (exact) mass is 484 g/mol. The zero-order valence-corrected chi connectivity index (χ0v) is 20.0. The highest BCUT2D eigenvalue weighted by molar-refractivity contribution is 6.07. The Morgan fingerprint density at radius 3 is 2.54 bits per heavy atom. The second kappa shape index (κ2) is 10.1. The first kappa shape index (κ1) is 24.8. The lowest BCUT2D eigenvalue weighted by Gasteiger charge is -2.41. The Labute approximate surface area is 203 Å². The molecule has 7 nitrogen and oxygen atoms in total. The molecule has 0 aliphatic carbocycles. The highest BCUT2D eigenvalue weighted by atomic mass is 19.2. The molecule has 2 fully saturated rings. The quantitative estimate of drug-likeness (QED) is 0.599. The van der Waals surface area contributed by atoms with E-state index in [0.717, 1.165) is 12.5 Å². The summed E-state index contributed by atoms with van der Waals surface area (Å²) in [6, 6.07) is 8.46. The molecular formula is C26H30F2N4O3. The van der Waals surface area contributed by atoms with E-state index in [0.29, 0.717) is 30.9 Å². The number of hydrogen-bond donors (Lipinski definition) is 1. The largest absolute Gasteiger partial charge is 0.339 e. The zero-order chi connectivity index (χ0) is 25.2. The van der Waals surface area contributed by atoms with Crippen LogP contribution in [0.15, 0.2) is 42.6 Å². The minimum absolute atomic E-state index is 0.0884. The summed E-state index contributed by atoms with van der Waals surface area (Å²) in [7, 11) is 0. The number of pyridine rings is 1. The summed E-state index contributed by atoms with van der Waals surface area (Å²) in [6.07, 6.45) is 3.78. The highest BCUT2D eigenvalue weighted by Crippen LogP contribution is 2.38. The van der Waals surface area contributed by atoms with Gasteiger partial charge in [-0.25, -0.2) is 13.6 Å². The van der Waals surface area contributed by atoms with Crippen molar-refractivity contribution in [1.82, 2.24) is 20.1 Å². The topological polar surface area (TPSA) is 82.6 Å². The van der Waals surface area contributed by atoms with Gasteiger partial charge in [-0.15, -0.1) is 0 Å². The Morgan fingerprint density at radius 1 is 1.14 bits per heavy atom. The molecule has 1 N–H and O–H groups in total. The lowest BCUT2D eigenvalue weighted by molar-refractivity contribution is -0.134. The van der Waals surface area contributed by atoms with Crippen molar-refractivity contribution in [3.05, 3.63) is 65.5 Å². The molecule has 2 saturated heterocycles. The van der Waals surface area contributed by atoms with Crippen molar-refractivity contribution in [1.29, 1.82) is 0 Å². The van der Waals surface area contributed by atoms with Crippen LogP contribution in [0.3, 0.4) is 0 Å². The van der Waals surface area contributed by atoms with Crippen LogP contribution in [0.4, 0.5) is 13.6 Å². The fourth-order valence-corrected chi connectivity index (χ4v) is 5.02. The lowest BCUT2D eigenvalue weighted by atomic mass is 9.73.